The minimum absolute atomic E-state index is 0.0583. The van der Waals surface area contributed by atoms with Gasteiger partial charge in [0, 0.05) is 5.92 Å². The summed E-state index contributed by atoms with van der Waals surface area (Å²) in [5, 5.41) is 9.38. The molecule has 1 fully saturated rings. The summed E-state index contributed by atoms with van der Waals surface area (Å²) in [7, 11) is 0. The number of aliphatic hydroxyl groups is 1. The van der Waals surface area contributed by atoms with Crippen molar-refractivity contribution in [3.8, 4) is 0 Å². The number of hydrogen-bond acceptors (Lipinski definition) is 2. The molecule has 1 aromatic carbocycles. The van der Waals surface area contributed by atoms with Crippen LogP contribution in [0.5, 0.6) is 0 Å². The van der Waals surface area contributed by atoms with Crippen LogP contribution >= 0.6 is 0 Å². The maximum Gasteiger partial charge on any atom is 0.416 e. The molecule has 2 rings (SSSR count). The van der Waals surface area contributed by atoms with Gasteiger partial charge in [0.15, 0.2) is 6.29 Å². The highest BCUT2D eigenvalue weighted by Crippen LogP contribution is 2.35. The lowest BCUT2D eigenvalue weighted by Gasteiger charge is -2.15. The number of hydrogen-bond donors (Lipinski definition) is 1. The van der Waals surface area contributed by atoms with Crippen LogP contribution in [0.3, 0.4) is 0 Å². The van der Waals surface area contributed by atoms with Gasteiger partial charge in [0.1, 0.15) is 5.82 Å². The summed E-state index contributed by atoms with van der Waals surface area (Å²) >= 11 is 0. The second-order valence-corrected chi connectivity index (χ2v) is 3.89. The number of ether oxygens (including phenoxy) is 1. The summed E-state index contributed by atoms with van der Waals surface area (Å²) in [6.45, 7) is 0.270. The molecule has 0 saturated carbocycles. The van der Waals surface area contributed by atoms with E-state index < -0.39 is 29.8 Å². The van der Waals surface area contributed by atoms with Gasteiger partial charge in [0.25, 0.3) is 0 Å². The molecule has 2 unspecified atom stereocenters. The van der Waals surface area contributed by atoms with E-state index in [1.54, 1.807) is 0 Å². The molecule has 1 aromatic rings. The first kappa shape index (κ1) is 12.3. The third-order valence-electron chi connectivity index (χ3n) is 2.79. The fourth-order valence-corrected chi connectivity index (χ4v) is 1.89. The van der Waals surface area contributed by atoms with E-state index in [-0.39, 0.29) is 12.2 Å². The fourth-order valence-electron chi connectivity index (χ4n) is 1.89. The summed E-state index contributed by atoms with van der Waals surface area (Å²) in [4.78, 5) is 0. The molecule has 6 heteroatoms. The molecule has 1 aliphatic rings. The van der Waals surface area contributed by atoms with Crippen LogP contribution in [0.2, 0.25) is 0 Å². The first-order chi connectivity index (χ1) is 7.89. The number of rotatable bonds is 1. The second kappa shape index (κ2) is 4.27. The average Bonchev–Trinajstić information content (AvgIpc) is 2.63. The molecule has 0 aromatic heterocycles. The Morgan fingerprint density at radius 1 is 1.29 bits per heavy atom. The molecule has 0 radical (unpaired) electrons. The molecule has 2 atom stereocenters. The predicted molar refractivity (Wildman–Crippen MR) is 50.7 cm³/mol. The Kier molecular flexibility index (Phi) is 3.09. The Bertz CT molecular complexity index is 416. The van der Waals surface area contributed by atoms with Crippen molar-refractivity contribution in [1.29, 1.82) is 0 Å². The molecule has 1 heterocycles. The standard InChI is InChI=1S/C11H10F4O2/c12-9-5-6(11(13,14)15)1-2-7(9)8-3-4-17-10(8)16/h1-2,5,8,10,16H,3-4H2. The van der Waals surface area contributed by atoms with Crippen molar-refractivity contribution in [1.82, 2.24) is 0 Å². The van der Waals surface area contributed by atoms with Gasteiger partial charge < -0.3 is 9.84 Å². The van der Waals surface area contributed by atoms with Gasteiger partial charge >= 0.3 is 6.18 Å². The number of alkyl halides is 3. The minimum Gasteiger partial charge on any atom is -0.367 e. The Morgan fingerprint density at radius 2 is 2.00 bits per heavy atom. The van der Waals surface area contributed by atoms with Crippen molar-refractivity contribution in [2.45, 2.75) is 24.8 Å². The Hall–Kier alpha value is -1.14. The average molecular weight is 250 g/mol. The Morgan fingerprint density at radius 3 is 2.47 bits per heavy atom. The highest BCUT2D eigenvalue weighted by molar-refractivity contribution is 5.29. The maximum absolute atomic E-state index is 13.5. The molecule has 0 aliphatic carbocycles. The van der Waals surface area contributed by atoms with E-state index in [0.29, 0.717) is 12.5 Å². The summed E-state index contributed by atoms with van der Waals surface area (Å²) in [6.07, 6.45) is -5.32. The third kappa shape index (κ3) is 2.42. The van der Waals surface area contributed by atoms with Gasteiger partial charge in [-0.15, -0.1) is 0 Å². The predicted octanol–water partition coefficient (Wildman–Crippen LogP) is 2.67. The van der Waals surface area contributed by atoms with Crippen LogP contribution < -0.4 is 0 Å². The highest BCUT2D eigenvalue weighted by Gasteiger charge is 2.34. The smallest absolute Gasteiger partial charge is 0.367 e. The lowest BCUT2D eigenvalue weighted by atomic mass is 9.95. The molecule has 94 valence electrons. The van der Waals surface area contributed by atoms with Gasteiger partial charge in [-0.1, -0.05) is 6.07 Å². The molecular weight excluding hydrogens is 240 g/mol. The van der Waals surface area contributed by atoms with Crippen LogP contribution in [-0.2, 0) is 10.9 Å². The van der Waals surface area contributed by atoms with E-state index in [1.165, 1.54) is 0 Å². The molecule has 2 nitrogen and oxygen atoms in total. The summed E-state index contributed by atoms with van der Waals surface area (Å²) < 4.78 is 55.3. The molecule has 1 aliphatic heterocycles. The normalized spacial score (nSPS) is 25.2. The van der Waals surface area contributed by atoms with Crippen molar-refractivity contribution in [3.63, 3.8) is 0 Å². The number of halogens is 4. The molecule has 0 spiro atoms. The van der Waals surface area contributed by atoms with Crippen LogP contribution in [0.4, 0.5) is 17.6 Å². The van der Waals surface area contributed by atoms with Crippen LogP contribution in [0.15, 0.2) is 18.2 Å². The van der Waals surface area contributed by atoms with E-state index in [4.69, 9.17) is 4.74 Å². The van der Waals surface area contributed by atoms with Crippen molar-refractivity contribution in [2.75, 3.05) is 6.61 Å². The third-order valence-corrected chi connectivity index (χ3v) is 2.79. The van der Waals surface area contributed by atoms with Crippen LogP contribution in [-0.4, -0.2) is 18.0 Å². The van der Waals surface area contributed by atoms with Crippen molar-refractivity contribution < 1.29 is 27.4 Å². The van der Waals surface area contributed by atoms with Gasteiger partial charge in [0.2, 0.25) is 0 Å². The summed E-state index contributed by atoms with van der Waals surface area (Å²) in [6, 6.07) is 2.31. The van der Waals surface area contributed by atoms with Crippen LogP contribution in [0.25, 0.3) is 0 Å². The van der Waals surface area contributed by atoms with Crippen LogP contribution in [0, 0.1) is 5.82 Å². The Balaban J connectivity index is 2.32. The quantitative estimate of drug-likeness (QED) is 0.776. The van der Waals surface area contributed by atoms with Crippen LogP contribution in [0.1, 0.15) is 23.5 Å². The molecular formula is C11H10F4O2. The van der Waals surface area contributed by atoms with Crippen molar-refractivity contribution in [2.24, 2.45) is 0 Å². The topological polar surface area (TPSA) is 29.5 Å². The lowest BCUT2D eigenvalue weighted by Crippen LogP contribution is -2.15. The van der Waals surface area contributed by atoms with E-state index in [1.807, 2.05) is 0 Å². The zero-order chi connectivity index (χ0) is 12.6. The molecule has 0 bridgehead atoms. The van der Waals surface area contributed by atoms with E-state index in [9.17, 15) is 22.7 Å². The SMILES string of the molecule is OC1OCCC1c1ccc(C(F)(F)F)cc1F. The van der Waals surface area contributed by atoms with Gasteiger partial charge in [-0.2, -0.15) is 13.2 Å². The zero-order valence-corrected chi connectivity index (χ0v) is 8.67. The highest BCUT2D eigenvalue weighted by atomic mass is 19.4. The zero-order valence-electron chi connectivity index (χ0n) is 8.67. The minimum atomic E-state index is -4.57. The number of benzene rings is 1. The van der Waals surface area contributed by atoms with Gasteiger partial charge in [-0.05, 0) is 24.1 Å². The fraction of sp³-hybridized carbons (Fsp3) is 0.455. The van der Waals surface area contributed by atoms with Gasteiger partial charge in [0.05, 0.1) is 12.2 Å². The van der Waals surface area contributed by atoms with E-state index in [2.05, 4.69) is 0 Å². The van der Waals surface area contributed by atoms with E-state index >= 15 is 0 Å². The van der Waals surface area contributed by atoms with Gasteiger partial charge in [-0.3, -0.25) is 0 Å². The summed E-state index contributed by atoms with van der Waals surface area (Å²) in [5.74, 6) is -1.56. The first-order valence-corrected chi connectivity index (χ1v) is 5.06. The molecule has 0 amide bonds. The van der Waals surface area contributed by atoms with Gasteiger partial charge in [-0.25, -0.2) is 4.39 Å². The van der Waals surface area contributed by atoms with Crippen molar-refractivity contribution in [3.05, 3.63) is 35.1 Å². The monoisotopic (exact) mass is 250 g/mol. The Labute approximate surface area is 94.8 Å². The number of aliphatic hydroxyl groups excluding tert-OH is 1. The first-order valence-electron chi connectivity index (χ1n) is 5.06. The maximum atomic E-state index is 13.5. The molecule has 1 N–H and O–H groups in total. The molecule has 1 saturated heterocycles. The largest absolute Gasteiger partial charge is 0.416 e. The summed E-state index contributed by atoms with van der Waals surface area (Å²) in [5.41, 5.74) is -0.977. The molecule has 17 heavy (non-hydrogen) atoms. The van der Waals surface area contributed by atoms with E-state index in [0.717, 1.165) is 12.1 Å². The lowest BCUT2D eigenvalue weighted by molar-refractivity contribution is -0.137. The second-order valence-electron chi connectivity index (χ2n) is 3.89. The van der Waals surface area contributed by atoms with Crippen molar-refractivity contribution >= 4 is 0 Å².